The van der Waals surface area contributed by atoms with Crippen molar-refractivity contribution < 1.29 is 9.47 Å². The van der Waals surface area contributed by atoms with E-state index in [1.807, 2.05) is 6.07 Å². The van der Waals surface area contributed by atoms with Gasteiger partial charge in [0.15, 0.2) is 11.5 Å². The zero-order valence-electron chi connectivity index (χ0n) is 10.1. The molecule has 0 saturated carbocycles. The van der Waals surface area contributed by atoms with Crippen molar-refractivity contribution in [1.82, 2.24) is 14.5 Å². The topological polar surface area (TPSA) is 73.0 Å². The minimum Gasteiger partial charge on any atom is -0.493 e. The fourth-order valence-corrected chi connectivity index (χ4v) is 1.67. The van der Waals surface area contributed by atoms with E-state index in [0.717, 1.165) is 0 Å². The van der Waals surface area contributed by atoms with Gasteiger partial charge in [-0.1, -0.05) is 0 Å². The average Bonchev–Trinajstić information content (AvgIpc) is 2.85. The largest absolute Gasteiger partial charge is 0.493 e. The minimum absolute atomic E-state index is 0.335. The van der Waals surface area contributed by atoms with Crippen molar-refractivity contribution in [3.8, 4) is 17.6 Å². The Morgan fingerprint density at radius 3 is 2.78 bits per heavy atom. The van der Waals surface area contributed by atoms with E-state index in [0.29, 0.717) is 29.6 Å². The zero-order chi connectivity index (χ0) is 13.0. The number of aromatic nitrogens is 3. The number of methoxy groups -OCH3 is 2. The Kier molecular flexibility index (Phi) is 3.44. The van der Waals surface area contributed by atoms with Gasteiger partial charge in [0.1, 0.15) is 11.8 Å². The molecule has 0 radical (unpaired) electrons. The summed E-state index contributed by atoms with van der Waals surface area (Å²) < 4.78 is 12.2. The highest BCUT2D eigenvalue weighted by atomic mass is 16.5. The van der Waals surface area contributed by atoms with Crippen molar-refractivity contribution in [3.05, 3.63) is 36.2 Å². The van der Waals surface area contributed by atoms with E-state index < -0.39 is 0 Å². The van der Waals surface area contributed by atoms with E-state index >= 15 is 0 Å². The monoisotopic (exact) mass is 244 g/mol. The van der Waals surface area contributed by atoms with Crippen LogP contribution in [0.25, 0.3) is 0 Å². The maximum Gasteiger partial charge on any atom is 0.213 e. The highest BCUT2D eigenvalue weighted by Gasteiger charge is 2.12. The standard InChI is InChI=1S/C12H12N4O2/c1-17-10-3-4-14-9(12(10)18-2)8-16-6-5-15-11(16)7-13/h3-6H,8H2,1-2H3. The lowest BCUT2D eigenvalue weighted by atomic mass is 10.3. The summed E-state index contributed by atoms with van der Waals surface area (Å²) in [6, 6.07) is 3.74. The molecule has 0 aliphatic rings. The first kappa shape index (κ1) is 11.9. The smallest absolute Gasteiger partial charge is 0.213 e. The first-order chi connectivity index (χ1) is 8.80. The maximum atomic E-state index is 8.90. The molecule has 0 saturated heterocycles. The number of nitriles is 1. The minimum atomic E-state index is 0.335. The van der Waals surface area contributed by atoms with Gasteiger partial charge in [-0.2, -0.15) is 5.26 Å². The number of hydrogen-bond acceptors (Lipinski definition) is 5. The second-order valence-corrected chi connectivity index (χ2v) is 3.48. The molecule has 0 spiro atoms. The first-order valence-corrected chi connectivity index (χ1v) is 5.27. The van der Waals surface area contributed by atoms with Crippen LogP contribution in [0.5, 0.6) is 11.5 Å². The SMILES string of the molecule is COc1ccnc(Cn2ccnc2C#N)c1OC. The van der Waals surface area contributed by atoms with Crippen LogP contribution in [0.4, 0.5) is 0 Å². The van der Waals surface area contributed by atoms with Gasteiger partial charge in [-0.15, -0.1) is 0 Å². The Balaban J connectivity index is 2.38. The number of hydrogen-bond donors (Lipinski definition) is 0. The fourth-order valence-electron chi connectivity index (χ4n) is 1.67. The fraction of sp³-hybridized carbons (Fsp3) is 0.250. The lowest BCUT2D eigenvalue weighted by Crippen LogP contribution is -2.06. The average molecular weight is 244 g/mol. The highest BCUT2D eigenvalue weighted by molar-refractivity contribution is 5.42. The molecule has 0 fully saturated rings. The Hall–Kier alpha value is -2.55. The van der Waals surface area contributed by atoms with Crippen molar-refractivity contribution in [2.45, 2.75) is 6.54 Å². The molecule has 92 valence electrons. The van der Waals surface area contributed by atoms with Gasteiger partial charge in [-0.25, -0.2) is 4.98 Å². The van der Waals surface area contributed by atoms with E-state index in [1.165, 1.54) is 0 Å². The van der Waals surface area contributed by atoms with Crippen molar-refractivity contribution in [2.24, 2.45) is 0 Å². The van der Waals surface area contributed by atoms with Gasteiger partial charge in [0.2, 0.25) is 5.82 Å². The molecule has 2 aromatic heterocycles. The van der Waals surface area contributed by atoms with Gasteiger partial charge in [-0.05, 0) is 0 Å². The van der Waals surface area contributed by atoms with E-state index in [9.17, 15) is 0 Å². The predicted octanol–water partition coefficient (Wildman–Crippen LogP) is 1.22. The van der Waals surface area contributed by atoms with E-state index in [-0.39, 0.29) is 0 Å². The molecule has 0 bridgehead atoms. The third-order valence-electron chi connectivity index (χ3n) is 2.50. The van der Waals surface area contributed by atoms with E-state index in [2.05, 4.69) is 9.97 Å². The van der Waals surface area contributed by atoms with Crippen LogP contribution in [0.2, 0.25) is 0 Å². The third-order valence-corrected chi connectivity index (χ3v) is 2.50. The molecule has 2 heterocycles. The maximum absolute atomic E-state index is 8.90. The Morgan fingerprint density at radius 2 is 2.11 bits per heavy atom. The molecule has 0 atom stereocenters. The van der Waals surface area contributed by atoms with Gasteiger partial charge in [0.25, 0.3) is 0 Å². The molecule has 6 heteroatoms. The molecular weight excluding hydrogens is 232 g/mol. The number of nitrogens with zero attached hydrogens (tertiary/aromatic N) is 4. The van der Waals surface area contributed by atoms with Gasteiger partial charge in [-0.3, -0.25) is 4.98 Å². The molecule has 0 N–H and O–H groups in total. The number of ether oxygens (including phenoxy) is 2. The zero-order valence-corrected chi connectivity index (χ0v) is 10.1. The molecule has 18 heavy (non-hydrogen) atoms. The van der Waals surface area contributed by atoms with Gasteiger partial charge < -0.3 is 14.0 Å². The summed E-state index contributed by atoms with van der Waals surface area (Å²) in [6.07, 6.45) is 4.93. The van der Waals surface area contributed by atoms with E-state index in [1.54, 1.807) is 43.4 Å². The summed E-state index contributed by atoms with van der Waals surface area (Å²) in [6.45, 7) is 0.406. The summed E-state index contributed by atoms with van der Waals surface area (Å²) >= 11 is 0. The molecule has 0 aliphatic heterocycles. The first-order valence-electron chi connectivity index (χ1n) is 5.27. The van der Waals surface area contributed by atoms with Crippen LogP contribution in [-0.2, 0) is 6.54 Å². The molecule has 6 nitrogen and oxygen atoms in total. The quantitative estimate of drug-likeness (QED) is 0.808. The predicted molar refractivity (Wildman–Crippen MR) is 63.4 cm³/mol. The van der Waals surface area contributed by atoms with Gasteiger partial charge in [0.05, 0.1) is 20.8 Å². The number of rotatable bonds is 4. The molecule has 2 rings (SSSR count). The van der Waals surface area contributed by atoms with Crippen molar-refractivity contribution in [2.75, 3.05) is 14.2 Å². The summed E-state index contributed by atoms with van der Waals surface area (Å²) in [5.74, 6) is 1.51. The second kappa shape index (κ2) is 5.19. The molecule has 0 aromatic carbocycles. The lowest BCUT2D eigenvalue weighted by Gasteiger charge is -2.12. The normalized spacial score (nSPS) is 9.83. The lowest BCUT2D eigenvalue weighted by molar-refractivity contribution is 0.348. The molecular formula is C12H12N4O2. The van der Waals surface area contributed by atoms with Crippen LogP contribution in [0, 0.1) is 11.3 Å². The highest BCUT2D eigenvalue weighted by Crippen LogP contribution is 2.29. The molecule has 0 unspecified atom stereocenters. The second-order valence-electron chi connectivity index (χ2n) is 3.48. The van der Waals surface area contributed by atoms with Crippen LogP contribution in [0.3, 0.4) is 0 Å². The Morgan fingerprint density at radius 1 is 1.28 bits per heavy atom. The van der Waals surface area contributed by atoms with Gasteiger partial charge in [0, 0.05) is 24.7 Å². The molecule has 0 amide bonds. The van der Waals surface area contributed by atoms with Crippen molar-refractivity contribution in [3.63, 3.8) is 0 Å². The Labute approximate surface area is 104 Å². The number of imidazole rings is 1. The summed E-state index contributed by atoms with van der Waals surface area (Å²) in [4.78, 5) is 8.18. The van der Waals surface area contributed by atoms with Crippen LogP contribution >= 0.6 is 0 Å². The summed E-state index contributed by atoms with van der Waals surface area (Å²) in [7, 11) is 3.13. The van der Waals surface area contributed by atoms with Crippen LogP contribution in [0.1, 0.15) is 11.5 Å². The van der Waals surface area contributed by atoms with Crippen LogP contribution in [0.15, 0.2) is 24.7 Å². The van der Waals surface area contributed by atoms with Gasteiger partial charge >= 0.3 is 0 Å². The number of pyridine rings is 1. The third kappa shape index (κ3) is 2.11. The molecule has 0 aliphatic carbocycles. The summed E-state index contributed by atoms with van der Waals surface area (Å²) in [5.41, 5.74) is 0.686. The van der Waals surface area contributed by atoms with Crippen LogP contribution in [-0.4, -0.2) is 28.8 Å². The molecule has 2 aromatic rings. The Bertz CT molecular complexity index is 586. The van der Waals surface area contributed by atoms with E-state index in [4.69, 9.17) is 14.7 Å². The van der Waals surface area contributed by atoms with Crippen molar-refractivity contribution in [1.29, 1.82) is 5.26 Å². The van der Waals surface area contributed by atoms with Crippen molar-refractivity contribution >= 4 is 0 Å². The summed E-state index contributed by atoms with van der Waals surface area (Å²) in [5, 5.41) is 8.90. The van der Waals surface area contributed by atoms with Crippen LogP contribution < -0.4 is 9.47 Å².